The van der Waals surface area contributed by atoms with Crippen LogP contribution in [0.2, 0.25) is 18.1 Å². The van der Waals surface area contributed by atoms with Crippen molar-refractivity contribution in [2.24, 2.45) is 0 Å². The average Bonchev–Trinajstić information content (AvgIpc) is 2.30. The van der Waals surface area contributed by atoms with E-state index in [1.165, 1.54) is 13.2 Å². The summed E-state index contributed by atoms with van der Waals surface area (Å²) in [4.78, 5) is 11.2. The number of hydrogen-bond acceptors (Lipinski definition) is 6. The van der Waals surface area contributed by atoms with Gasteiger partial charge in [-0.25, -0.2) is 4.79 Å². The largest absolute Gasteiger partial charge is 0.466 e. The quantitative estimate of drug-likeness (QED) is 0.303. The van der Waals surface area contributed by atoms with Gasteiger partial charge in [-0.05, 0) is 31.1 Å². The highest BCUT2D eigenvalue weighted by Gasteiger charge is 2.40. The fourth-order valence-electron chi connectivity index (χ4n) is 1.42. The molecule has 0 rings (SSSR count). The van der Waals surface area contributed by atoms with Crippen LogP contribution in [0, 0.1) is 0 Å². The molecule has 0 unspecified atom stereocenters. The zero-order valence-corrected chi connectivity index (χ0v) is 16.5. The smallest absolute Gasteiger partial charge is 0.330 e. The third-order valence-electron chi connectivity index (χ3n) is 3.66. The zero-order valence-electron chi connectivity index (χ0n) is 14.7. The van der Waals surface area contributed by atoms with E-state index in [2.05, 4.69) is 38.6 Å². The molecule has 0 amide bonds. The van der Waals surface area contributed by atoms with Crippen LogP contribution < -0.4 is 0 Å². The summed E-state index contributed by atoms with van der Waals surface area (Å²) in [6.07, 6.45) is 2.05. The van der Waals surface area contributed by atoms with Gasteiger partial charge in [0.25, 0.3) is 10.1 Å². The van der Waals surface area contributed by atoms with Crippen molar-refractivity contribution in [3.8, 4) is 0 Å². The van der Waals surface area contributed by atoms with Gasteiger partial charge in [0.15, 0.2) is 8.32 Å². The molecule has 0 aliphatic rings. The summed E-state index contributed by atoms with van der Waals surface area (Å²) in [5.41, 5.74) is 0. The molecule has 0 aliphatic carbocycles. The maximum atomic E-state index is 11.4. The summed E-state index contributed by atoms with van der Waals surface area (Å²) >= 11 is 0. The average molecular weight is 353 g/mol. The fraction of sp³-hybridized carbons (Fsp3) is 0.786. The van der Waals surface area contributed by atoms with Gasteiger partial charge in [0.2, 0.25) is 0 Å². The first-order valence-corrected chi connectivity index (χ1v) is 11.7. The Balaban J connectivity index is 5.25. The first-order valence-electron chi connectivity index (χ1n) is 7.02. The van der Waals surface area contributed by atoms with Crippen LogP contribution >= 0.6 is 0 Å². The van der Waals surface area contributed by atoms with Crippen molar-refractivity contribution in [3.63, 3.8) is 0 Å². The van der Waals surface area contributed by atoms with E-state index in [0.29, 0.717) is 0 Å². The molecule has 0 N–H and O–H groups in total. The minimum absolute atomic E-state index is 0.0248. The molecule has 0 saturated heterocycles. The Bertz CT molecular complexity index is 504. The van der Waals surface area contributed by atoms with Crippen LogP contribution in [0.15, 0.2) is 12.2 Å². The van der Waals surface area contributed by atoms with Gasteiger partial charge in [-0.1, -0.05) is 20.8 Å². The van der Waals surface area contributed by atoms with Gasteiger partial charge in [-0.2, -0.15) is 8.42 Å². The maximum Gasteiger partial charge on any atom is 0.330 e. The summed E-state index contributed by atoms with van der Waals surface area (Å²) in [5.74, 6) is -0.582. The van der Waals surface area contributed by atoms with E-state index in [9.17, 15) is 13.2 Å². The SMILES string of the molecule is COC(=O)/C=C/[C@@H](OS(C)(=O)=O)[C@@H](C)O[Si](C)(C)C(C)(C)C. The van der Waals surface area contributed by atoms with Crippen LogP contribution in [-0.4, -0.2) is 48.3 Å². The molecule has 6 nitrogen and oxygen atoms in total. The van der Waals surface area contributed by atoms with Gasteiger partial charge in [0.05, 0.1) is 19.5 Å². The first kappa shape index (κ1) is 21.3. The van der Waals surface area contributed by atoms with Crippen molar-refractivity contribution in [3.05, 3.63) is 12.2 Å². The number of rotatable bonds is 7. The van der Waals surface area contributed by atoms with Gasteiger partial charge in [-0.3, -0.25) is 4.18 Å². The number of methoxy groups -OCH3 is 1. The highest BCUT2D eigenvalue weighted by atomic mass is 32.2. The highest BCUT2D eigenvalue weighted by Crippen LogP contribution is 2.37. The second-order valence-corrected chi connectivity index (χ2v) is 13.1. The van der Waals surface area contributed by atoms with Crippen molar-refractivity contribution in [1.82, 2.24) is 0 Å². The Hall–Kier alpha value is -0.703. The van der Waals surface area contributed by atoms with Crippen molar-refractivity contribution in [2.75, 3.05) is 13.4 Å². The number of hydrogen-bond donors (Lipinski definition) is 0. The Kier molecular flexibility index (Phi) is 7.47. The second kappa shape index (κ2) is 7.72. The molecule has 0 bridgehead atoms. The van der Waals surface area contributed by atoms with Crippen LogP contribution in [0.5, 0.6) is 0 Å². The zero-order chi connectivity index (χ0) is 17.8. The highest BCUT2D eigenvalue weighted by molar-refractivity contribution is 7.86. The van der Waals surface area contributed by atoms with E-state index >= 15 is 0 Å². The normalized spacial score (nSPS) is 16.5. The topological polar surface area (TPSA) is 78.9 Å². The molecule has 0 radical (unpaired) electrons. The fourth-order valence-corrected chi connectivity index (χ4v) is 3.46. The summed E-state index contributed by atoms with van der Waals surface area (Å²) in [6, 6.07) is 0. The number of carbonyl (C=O) groups is 1. The van der Waals surface area contributed by atoms with Crippen molar-refractivity contribution >= 4 is 24.4 Å². The molecule has 130 valence electrons. The minimum Gasteiger partial charge on any atom is -0.466 e. The van der Waals surface area contributed by atoms with Crippen LogP contribution in [-0.2, 0) is 28.3 Å². The number of carbonyl (C=O) groups excluding carboxylic acids is 1. The molecule has 8 heteroatoms. The third kappa shape index (κ3) is 7.53. The summed E-state index contributed by atoms with van der Waals surface area (Å²) in [7, 11) is -4.53. The van der Waals surface area contributed by atoms with Gasteiger partial charge >= 0.3 is 5.97 Å². The summed E-state index contributed by atoms with van der Waals surface area (Å²) < 4.78 is 38.5. The standard InChI is InChI=1S/C14H28O6SSi/c1-11(20-22(7,8)14(2,3)4)12(19-21(6,16)17)9-10-13(15)18-5/h9-12H,1-8H3/b10-9+/t11-,12-/m1/s1. The van der Waals surface area contributed by atoms with Crippen LogP contribution in [0.1, 0.15) is 27.7 Å². The molecular formula is C14H28O6SSi. The molecule has 22 heavy (non-hydrogen) atoms. The lowest BCUT2D eigenvalue weighted by atomic mass is 10.2. The van der Waals surface area contributed by atoms with E-state index in [1.54, 1.807) is 6.92 Å². The lowest BCUT2D eigenvalue weighted by Gasteiger charge is -2.39. The third-order valence-corrected chi connectivity index (χ3v) is 8.80. The van der Waals surface area contributed by atoms with Crippen molar-refractivity contribution < 1.29 is 26.6 Å². The Morgan fingerprint density at radius 3 is 2.09 bits per heavy atom. The Morgan fingerprint density at radius 2 is 1.73 bits per heavy atom. The number of ether oxygens (including phenoxy) is 1. The summed E-state index contributed by atoms with van der Waals surface area (Å²) in [5, 5.41) is -0.0248. The predicted octanol–water partition coefficient (Wildman–Crippen LogP) is 2.47. The molecule has 0 spiro atoms. The second-order valence-electron chi connectivity index (χ2n) is 6.73. The van der Waals surface area contributed by atoms with Crippen LogP contribution in [0.4, 0.5) is 0 Å². The van der Waals surface area contributed by atoms with E-state index in [-0.39, 0.29) is 5.04 Å². The Labute approximate surface area is 135 Å². The van der Waals surface area contributed by atoms with E-state index in [0.717, 1.165) is 12.3 Å². The van der Waals surface area contributed by atoms with Gasteiger partial charge in [-0.15, -0.1) is 0 Å². The first-order chi connectivity index (χ1) is 9.69. The molecule has 0 saturated carbocycles. The number of esters is 1. The van der Waals surface area contributed by atoms with Crippen LogP contribution in [0.25, 0.3) is 0 Å². The van der Waals surface area contributed by atoms with Crippen LogP contribution in [0.3, 0.4) is 0 Å². The molecule has 0 aromatic rings. The van der Waals surface area contributed by atoms with Gasteiger partial charge < -0.3 is 9.16 Å². The van der Waals surface area contributed by atoms with Gasteiger partial charge in [0, 0.05) is 6.08 Å². The van der Waals surface area contributed by atoms with Crippen molar-refractivity contribution in [2.45, 2.75) is 58.0 Å². The van der Waals surface area contributed by atoms with Crippen molar-refractivity contribution in [1.29, 1.82) is 0 Å². The lowest BCUT2D eigenvalue weighted by Crippen LogP contribution is -2.46. The van der Waals surface area contributed by atoms with E-state index in [4.69, 9.17) is 8.61 Å². The predicted molar refractivity (Wildman–Crippen MR) is 88.6 cm³/mol. The molecule has 2 atom stereocenters. The maximum absolute atomic E-state index is 11.4. The lowest BCUT2D eigenvalue weighted by molar-refractivity contribution is -0.134. The molecule has 0 aliphatic heterocycles. The monoisotopic (exact) mass is 352 g/mol. The van der Waals surface area contributed by atoms with E-state index in [1.807, 2.05) is 0 Å². The van der Waals surface area contributed by atoms with E-state index < -0.39 is 36.6 Å². The molecule has 0 aromatic heterocycles. The molecule has 0 aromatic carbocycles. The molecular weight excluding hydrogens is 324 g/mol. The molecule has 0 heterocycles. The minimum atomic E-state index is -3.68. The van der Waals surface area contributed by atoms with Gasteiger partial charge in [0.1, 0.15) is 6.10 Å². The Morgan fingerprint density at radius 1 is 1.23 bits per heavy atom. The molecule has 0 fully saturated rings. The summed E-state index contributed by atoms with van der Waals surface area (Å²) in [6.45, 7) is 12.1.